The normalized spacial score (nSPS) is 10.1. The van der Waals surface area contributed by atoms with E-state index < -0.39 is 10.7 Å². The summed E-state index contributed by atoms with van der Waals surface area (Å²) in [7, 11) is 0. The predicted octanol–water partition coefficient (Wildman–Crippen LogP) is 2.50. The molecule has 0 aliphatic heterocycles. The fourth-order valence-electron chi connectivity index (χ4n) is 1.40. The van der Waals surface area contributed by atoms with Crippen molar-refractivity contribution < 1.29 is 25.0 Å². The van der Waals surface area contributed by atoms with E-state index in [-0.39, 0.29) is 28.7 Å². The van der Waals surface area contributed by atoms with Gasteiger partial charge in [0.05, 0.1) is 11.0 Å². The van der Waals surface area contributed by atoms with Crippen LogP contribution in [0.5, 0.6) is 28.7 Å². The number of rotatable bonds is 3. The lowest BCUT2D eigenvalue weighted by molar-refractivity contribution is -0.384. The van der Waals surface area contributed by atoms with Crippen molar-refractivity contribution in [1.82, 2.24) is 0 Å². The maximum atomic E-state index is 10.5. The van der Waals surface area contributed by atoms with Gasteiger partial charge in [-0.15, -0.1) is 0 Å². The predicted molar refractivity (Wildman–Crippen MR) is 64.6 cm³/mol. The van der Waals surface area contributed by atoms with Crippen LogP contribution in [0.25, 0.3) is 0 Å². The van der Waals surface area contributed by atoms with E-state index in [0.29, 0.717) is 0 Å². The first kappa shape index (κ1) is 12.5. The zero-order valence-electron chi connectivity index (χ0n) is 9.48. The van der Waals surface area contributed by atoms with Crippen molar-refractivity contribution >= 4 is 5.69 Å². The Labute approximate surface area is 107 Å². The number of phenolic OH excluding ortho intramolecular Hbond substituents is 3. The number of hydrogen-bond acceptors (Lipinski definition) is 6. The van der Waals surface area contributed by atoms with Crippen LogP contribution in [0.4, 0.5) is 5.69 Å². The minimum absolute atomic E-state index is 0.00399. The maximum absolute atomic E-state index is 10.5. The Balaban J connectivity index is 2.28. The first-order chi connectivity index (χ1) is 8.97. The Hall–Kier alpha value is -2.96. The average molecular weight is 263 g/mol. The number of nitro groups is 1. The SMILES string of the molecule is O=[N+]([O-])c1ccc(Oc2ccc(O)c(O)c2)c(O)c1. The molecular formula is C12H9NO6. The summed E-state index contributed by atoms with van der Waals surface area (Å²) in [4.78, 5) is 9.85. The van der Waals surface area contributed by atoms with Crippen LogP contribution in [-0.2, 0) is 0 Å². The molecule has 7 heteroatoms. The third-order valence-corrected chi connectivity index (χ3v) is 2.33. The summed E-state index contributed by atoms with van der Waals surface area (Å²) in [5.41, 5.74) is -0.265. The molecule has 0 atom stereocenters. The lowest BCUT2D eigenvalue weighted by Crippen LogP contribution is -1.89. The van der Waals surface area contributed by atoms with Crippen molar-refractivity contribution in [3.63, 3.8) is 0 Å². The monoisotopic (exact) mass is 263 g/mol. The van der Waals surface area contributed by atoms with E-state index in [4.69, 9.17) is 9.84 Å². The molecule has 0 saturated carbocycles. The molecule has 2 rings (SSSR count). The standard InChI is InChI=1S/C12H9NO6/c14-9-3-2-8(6-10(9)15)19-12-4-1-7(13(17)18)5-11(12)16/h1-6,14-16H. The Kier molecular flexibility index (Phi) is 3.11. The molecule has 2 aromatic rings. The fourth-order valence-corrected chi connectivity index (χ4v) is 1.40. The molecule has 0 aromatic heterocycles. The molecule has 0 aliphatic rings. The van der Waals surface area contributed by atoms with Gasteiger partial charge in [0.1, 0.15) is 5.75 Å². The topological polar surface area (TPSA) is 113 Å². The summed E-state index contributed by atoms with van der Waals surface area (Å²) in [6.45, 7) is 0. The summed E-state index contributed by atoms with van der Waals surface area (Å²) < 4.78 is 5.24. The molecule has 0 heterocycles. The summed E-state index contributed by atoms with van der Waals surface area (Å²) >= 11 is 0. The highest BCUT2D eigenvalue weighted by atomic mass is 16.6. The number of nitro benzene ring substituents is 1. The third kappa shape index (κ3) is 2.65. The van der Waals surface area contributed by atoms with E-state index in [1.807, 2.05) is 0 Å². The lowest BCUT2D eigenvalue weighted by Gasteiger charge is -2.08. The van der Waals surface area contributed by atoms with Crippen LogP contribution < -0.4 is 4.74 Å². The minimum atomic E-state index is -0.643. The number of nitrogens with zero attached hydrogens (tertiary/aromatic N) is 1. The van der Waals surface area contributed by atoms with Crippen molar-refractivity contribution in [2.75, 3.05) is 0 Å². The van der Waals surface area contributed by atoms with Crippen LogP contribution in [0.15, 0.2) is 36.4 Å². The van der Waals surface area contributed by atoms with Crippen molar-refractivity contribution in [1.29, 1.82) is 0 Å². The zero-order valence-corrected chi connectivity index (χ0v) is 9.48. The molecule has 0 aliphatic carbocycles. The van der Waals surface area contributed by atoms with Crippen LogP contribution in [0.2, 0.25) is 0 Å². The minimum Gasteiger partial charge on any atom is -0.504 e. The lowest BCUT2D eigenvalue weighted by atomic mass is 10.2. The van der Waals surface area contributed by atoms with Crippen LogP contribution >= 0.6 is 0 Å². The third-order valence-electron chi connectivity index (χ3n) is 2.33. The quantitative estimate of drug-likeness (QED) is 0.445. The van der Waals surface area contributed by atoms with E-state index in [1.54, 1.807) is 0 Å². The van der Waals surface area contributed by atoms with Crippen molar-refractivity contribution in [3.8, 4) is 28.7 Å². The molecule has 0 saturated heterocycles. The van der Waals surface area contributed by atoms with Gasteiger partial charge in [0, 0.05) is 12.1 Å². The van der Waals surface area contributed by atoms with Gasteiger partial charge in [-0.1, -0.05) is 0 Å². The van der Waals surface area contributed by atoms with Crippen LogP contribution in [0.3, 0.4) is 0 Å². The second-order valence-electron chi connectivity index (χ2n) is 3.66. The molecule has 7 nitrogen and oxygen atoms in total. The number of hydrogen-bond donors (Lipinski definition) is 3. The summed E-state index contributed by atoms with van der Waals surface area (Å²) in [6, 6.07) is 7.10. The van der Waals surface area contributed by atoms with Crippen molar-refractivity contribution in [2.24, 2.45) is 0 Å². The summed E-state index contributed by atoms with van der Waals surface area (Å²) in [5, 5.41) is 38.5. The number of aromatic hydroxyl groups is 3. The van der Waals surface area contributed by atoms with Gasteiger partial charge in [0.25, 0.3) is 5.69 Å². The van der Waals surface area contributed by atoms with Crippen LogP contribution in [-0.4, -0.2) is 20.2 Å². The Morgan fingerprint density at radius 2 is 1.68 bits per heavy atom. The Bertz CT molecular complexity index is 640. The van der Waals surface area contributed by atoms with Gasteiger partial charge in [-0.25, -0.2) is 0 Å². The molecule has 19 heavy (non-hydrogen) atoms. The van der Waals surface area contributed by atoms with E-state index >= 15 is 0 Å². The molecule has 0 radical (unpaired) electrons. The van der Waals surface area contributed by atoms with Gasteiger partial charge in [-0.2, -0.15) is 0 Å². The van der Waals surface area contributed by atoms with Gasteiger partial charge in [0.15, 0.2) is 23.0 Å². The second-order valence-corrected chi connectivity index (χ2v) is 3.66. The zero-order chi connectivity index (χ0) is 14.0. The molecule has 3 N–H and O–H groups in total. The smallest absolute Gasteiger partial charge is 0.273 e. The highest BCUT2D eigenvalue weighted by molar-refractivity contribution is 5.51. The van der Waals surface area contributed by atoms with Gasteiger partial charge in [0.2, 0.25) is 0 Å². The van der Waals surface area contributed by atoms with Gasteiger partial charge < -0.3 is 20.1 Å². The van der Waals surface area contributed by atoms with Gasteiger partial charge >= 0.3 is 0 Å². The molecule has 2 aromatic carbocycles. The molecule has 0 amide bonds. The van der Waals surface area contributed by atoms with E-state index in [9.17, 15) is 20.3 Å². The van der Waals surface area contributed by atoms with E-state index in [1.165, 1.54) is 24.3 Å². The highest BCUT2D eigenvalue weighted by Gasteiger charge is 2.12. The molecule has 0 fully saturated rings. The first-order valence-corrected chi connectivity index (χ1v) is 5.14. The Morgan fingerprint density at radius 1 is 0.947 bits per heavy atom. The average Bonchev–Trinajstić information content (AvgIpc) is 2.36. The molecular weight excluding hydrogens is 254 g/mol. The Morgan fingerprint density at radius 3 is 2.26 bits per heavy atom. The van der Waals surface area contributed by atoms with Gasteiger partial charge in [-0.05, 0) is 18.2 Å². The second kappa shape index (κ2) is 4.73. The fraction of sp³-hybridized carbons (Fsp3) is 0. The summed E-state index contributed by atoms with van der Waals surface area (Å²) in [6.07, 6.45) is 0. The first-order valence-electron chi connectivity index (χ1n) is 5.14. The van der Waals surface area contributed by atoms with Gasteiger partial charge in [-0.3, -0.25) is 10.1 Å². The molecule has 0 spiro atoms. The largest absolute Gasteiger partial charge is 0.504 e. The number of non-ortho nitro benzene ring substituents is 1. The highest BCUT2D eigenvalue weighted by Crippen LogP contribution is 2.36. The number of benzene rings is 2. The molecule has 0 unspecified atom stereocenters. The number of ether oxygens (including phenoxy) is 1. The van der Waals surface area contributed by atoms with Crippen LogP contribution in [0, 0.1) is 10.1 Å². The van der Waals surface area contributed by atoms with Crippen molar-refractivity contribution in [3.05, 3.63) is 46.5 Å². The van der Waals surface area contributed by atoms with E-state index in [0.717, 1.165) is 12.1 Å². The van der Waals surface area contributed by atoms with Crippen LogP contribution in [0.1, 0.15) is 0 Å². The molecule has 98 valence electrons. The molecule has 0 bridgehead atoms. The summed E-state index contributed by atoms with van der Waals surface area (Å²) in [5.74, 6) is -0.920. The van der Waals surface area contributed by atoms with E-state index in [2.05, 4.69) is 0 Å². The number of phenols is 3. The van der Waals surface area contributed by atoms with Crippen molar-refractivity contribution in [2.45, 2.75) is 0 Å². The maximum Gasteiger partial charge on any atom is 0.273 e.